The maximum absolute atomic E-state index is 12.7. The van der Waals surface area contributed by atoms with Crippen molar-refractivity contribution in [2.75, 3.05) is 40.3 Å². The van der Waals surface area contributed by atoms with Crippen LogP contribution in [0.25, 0.3) is 0 Å². The quantitative estimate of drug-likeness (QED) is 0.870. The fourth-order valence-electron chi connectivity index (χ4n) is 5.85. The van der Waals surface area contributed by atoms with Crippen molar-refractivity contribution in [3.8, 4) is 0 Å². The summed E-state index contributed by atoms with van der Waals surface area (Å²) in [6, 6.07) is 3.57. The largest absolute Gasteiger partial charge is 0.359 e. The number of amides is 2. The molecule has 6 nitrogen and oxygen atoms in total. The standard InChI is InChI=1S/C20H28N4O2/c1-21-18(26)20-6-5-19(16(20)13-23(2)14-20)7-11-24(12-8-19)17(25)15-3-9-22-10-4-15/h3-4,9-10,16H,5-8,11-14H2,1-2H3,(H,21,26)/t16-,20+/m0/s1. The van der Waals surface area contributed by atoms with E-state index in [0.717, 1.165) is 51.9 Å². The summed E-state index contributed by atoms with van der Waals surface area (Å²) in [4.78, 5) is 33.7. The highest BCUT2D eigenvalue weighted by atomic mass is 16.2. The second kappa shape index (κ2) is 6.34. The molecule has 1 aromatic rings. The molecule has 1 aromatic heterocycles. The van der Waals surface area contributed by atoms with Gasteiger partial charge < -0.3 is 15.1 Å². The first kappa shape index (κ1) is 17.5. The van der Waals surface area contributed by atoms with Gasteiger partial charge in [0.1, 0.15) is 0 Å². The van der Waals surface area contributed by atoms with E-state index in [4.69, 9.17) is 0 Å². The number of nitrogens with one attached hydrogen (secondary N) is 1. The zero-order valence-corrected chi connectivity index (χ0v) is 15.7. The van der Waals surface area contributed by atoms with E-state index in [0.29, 0.717) is 11.5 Å². The number of rotatable bonds is 2. The first-order valence-electron chi connectivity index (χ1n) is 9.61. The molecular weight excluding hydrogens is 328 g/mol. The number of hydrogen-bond acceptors (Lipinski definition) is 4. The van der Waals surface area contributed by atoms with E-state index < -0.39 is 0 Å². The summed E-state index contributed by atoms with van der Waals surface area (Å²) in [6.45, 7) is 3.42. The van der Waals surface area contributed by atoms with Gasteiger partial charge in [-0.05, 0) is 56.2 Å². The van der Waals surface area contributed by atoms with Crippen molar-refractivity contribution < 1.29 is 9.59 Å². The third-order valence-corrected chi connectivity index (χ3v) is 7.17. The van der Waals surface area contributed by atoms with Crippen molar-refractivity contribution in [2.45, 2.75) is 25.7 Å². The summed E-state index contributed by atoms with van der Waals surface area (Å²) in [6.07, 6.45) is 7.42. The molecule has 3 heterocycles. The Morgan fingerprint density at radius 1 is 1.15 bits per heavy atom. The Kier molecular flexibility index (Phi) is 4.26. The van der Waals surface area contributed by atoms with Crippen LogP contribution in [0.15, 0.2) is 24.5 Å². The Hall–Kier alpha value is -1.95. The van der Waals surface area contributed by atoms with Gasteiger partial charge in [0.2, 0.25) is 5.91 Å². The molecule has 1 spiro atoms. The van der Waals surface area contributed by atoms with E-state index in [1.165, 1.54) is 0 Å². The lowest BCUT2D eigenvalue weighted by atomic mass is 9.65. The topological polar surface area (TPSA) is 65.5 Å². The molecule has 3 aliphatic rings. The SMILES string of the molecule is CNC(=O)[C@@]12CCC3(CCN(C(=O)c4ccncc4)CC3)[C@@H]1CN(C)C2. The maximum atomic E-state index is 12.7. The zero-order valence-electron chi connectivity index (χ0n) is 15.7. The predicted octanol–water partition coefficient (Wildman–Crippen LogP) is 1.39. The number of likely N-dealkylation sites (tertiary alicyclic amines) is 2. The third-order valence-electron chi connectivity index (χ3n) is 7.17. The third kappa shape index (κ3) is 2.54. The summed E-state index contributed by atoms with van der Waals surface area (Å²) in [7, 11) is 3.88. The minimum atomic E-state index is -0.235. The molecule has 0 unspecified atom stereocenters. The Labute approximate surface area is 155 Å². The number of nitrogens with zero attached hydrogens (tertiary/aromatic N) is 3. The van der Waals surface area contributed by atoms with Crippen LogP contribution in [0, 0.1) is 16.7 Å². The fourth-order valence-corrected chi connectivity index (χ4v) is 5.85. The molecular formula is C20H28N4O2. The van der Waals surface area contributed by atoms with Gasteiger partial charge in [-0.25, -0.2) is 0 Å². The number of fused-ring (bicyclic) bond motifs is 2. The van der Waals surface area contributed by atoms with Crippen molar-refractivity contribution in [2.24, 2.45) is 16.7 Å². The normalized spacial score (nSPS) is 30.4. The van der Waals surface area contributed by atoms with E-state index in [1.54, 1.807) is 31.6 Å². The average molecular weight is 356 g/mol. The van der Waals surface area contributed by atoms with Crippen LogP contribution in [0.2, 0.25) is 0 Å². The van der Waals surface area contributed by atoms with Crippen LogP contribution < -0.4 is 5.32 Å². The van der Waals surface area contributed by atoms with Crippen LogP contribution in [0.5, 0.6) is 0 Å². The van der Waals surface area contributed by atoms with Crippen molar-refractivity contribution in [3.63, 3.8) is 0 Å². The fraction of sp³-hybridized carbons (Fsp3) is 0.650. The van der Waals surface area contributed by atoms with Gasteiger partial charge in [-0.1, -0.05) is 0 Å². The molecule has 2 amide bonds. The van der Waals surface area contributed by atoms with E-state index in [-0.39, 0.29) is 22.6 Å². The summed E-state index contributed by atoms with van der Waals surface area (Å²) in [5, 5.41) is 2.92. The van der Waals surface area contributed by atoms with Gasteiger partial charge in [0, 0.05) is 51.2 Å². The van der Waals surface area contributed by atoms with Crippen molar-refractivity contribution >= 4 is 11.8 Å². The molecule has 6 heteroatoms. The second-order valence-corrected chi connectivity index (χ2v) is 8.38. The molecule has 2 saturated heterocycles. The number of piperidine rings is 1. The molecule has 1 saturated carbocycles. The van der Waals surface area contributed by atoms with Gasteiger partial charge in [0.15, 0.2) is 0 Å². The van der Waals surface area contributed by atoms with Crippen molar-refractivity contribution in [1.82, 2.24) is 20.1 Å². The van der Waals surface area contributed by atoms with Crippen LogP contribution in [0.4, 0.5) is 0 Å². The van der Waals surface area contributed by atoms with E-state index in [1.807, 2.05) is 4.90 Å². The molecule has 3 fully saturated rings. The van der Waals surface area contributed by atoms with Gasteiger partial charge in [0.05, 0.1) is 5.41 Å². The minimum Gasteiger partial charge on any atom is -0.359 e. The molecule has 2 aliphatic heterocycles. The van der Waals surface area contributed by atoms with Gasteiger partial charge >= 0.3 is 0 Å². The van der Waals surface area contributed by atoms with Gasteiger partial charge in [0.25, 0.3) is 5.91 Å². The number of carbonyl (C=O) groups is 2. The molecule has 1 aliphatic carbocycles. The monoisotopic (exact) mass is 356 g/mol. The Morgan fingerprint density at radius 2 is 1.85 bits per heavy atom. The first-order valence-corrected chi connectivity index (χ1v) is 9.61. The summed E-state index contributed by atoms with van der Waals surface area (Å²) in [5.41, 5.74) is 0.676. The van der Waals surface area contributed by atoms with E-state index in [9.17, 15) is 9.59 Å². The lowest BCUT2D eigenvalue weighted by Gasteiger charge is -2.44. The lowest BCUT2D eigenvalue weighted by Crippen LogP contribution is -2.49. The van der Waals surface area contributed by atoms with Crippen LogP contribution in [0.3, 0.4) is 0 Å². The van der Waals surface area contributed by atoms with Gasteiger partial charge in [-0.15, -0.1) is 0 Å². The molecule has 26 heavy (non-hydrogen) atoms. The summed E-state index contributed by atoms with van der Waals surface area (Å²) in [5.74, 6) is 0.707. The highest BCUT2D eigenvalue weighted by molar-refractivity contribution is 5.94. The first-order chi connectivity index (χ1) is 12.5. The molecule has 4 rings (SSSR count). The van der Waals surface area contributed by atoms with Crippen LogP contribution in [-0.4, -0.2) is 66.9 Å². The molecule has 140 valence electrons. The van der Waals surface area contributed by atoms with Crippen LogP contribution >= 0.6 is 0 Å². The Bertz CT molecular complexity index is 699. The lowest BCUT2D eigenvalue weighted by molar-refractivity contribution is -0.132. The molecule has 0 bridgehead atoms. The summed E-state index contributed by atoms with van der Waals surface area (Å²) >= 11 is 0. The number of hydrogen-bond donors (Lipinski definition) is 1. The highest BCUT2D eigenvalue weighted by Gasteiger charge is 2.63. The zero-order chi connectivity index (χ0) is 18.4. The maximum Gasteiger partial charge on any atom is 0.253 e. The van der Waals surface area contributed by atoms with Gasteiger partial charge in [-0.2, -0.15) is 0 Å². The Balaban J connectivity index is 1.50. The van der Waals surface area contributed by atoms with Crippen molar-refractivity contribution in [3.05, 3.63) is 30.1 Å². The highest BCUT2D eigenvalue weighted by Crippen LogP contribution is 2.61. The molecule has 0 radical (unpaired) electrons. The minimum absolute atomic E-state index is 0.0985. The molecule has 0 aromatic carbocycles. The van der Waals surface area contributed by atoms with Crippen LogP contribution in [-0.2, 0) is 4.79 Å². The van der Waals surface area contributed by atoms with E-state index in [2.05, 4.69) is 22.2 Å². The van der Waals surface area contributed by atoms with Gasteiger partial charge in [-0.3, -0.25) is 14.6 Å². The van der Waals surface area contributed by atoms with E-state index >= 15 is 0 Å². The Morgan fingerprint density at radius 3 is 2.50 bits per heavy atom. The second-order valence-electron chi connectivity index (χ2n) is 8.38. The number of pyridine rings is 1. The molecule has 2 atom stereocenters. The molecule has 1 N–H and O–H groups in total. The summed E-state index contributed by atoms with van der Waals surface area (Å²) < 4.78 is 0. The predicted molar refractivity (Wildman–Crippen MR) is 98.5 cm³/mol. The number of carbonyl (C=O) groups excluding carboxylic acids is 2. The average Bonchev–Trinajstić information content (AvgIpc) is 3.17. The van der Waals surface area contributed by atoms with Crippen molar-refractivity contribution in [1.29, 1.82) is 0 Å². The van der Waals surface area contributed by atoms with Crippen LogP contribution in [0.1, 0.15) is 36.0 Å². The smallest absolute Gasteiger partial charge is 0.253 e. The number of aromatic nitrogens is 1.